The summed E-state index contributed by atoms with van der Waals surface area (Å²) in [5.41, 5.74) is 0. The van der Waals surface area contributed by atoms with Gasteiger partial charge in [0.1, 0.15) is 0 Å². The molecule has 1 saturated carbocycles. The van der Waals surface area contributed by atoms with Crippen LogP contribution in [0.3, 0.4) is 0 Å². The third-order valence-corrected chi connectivity index (χ3v) is 2.95. The first-order valence-corrected chi connectivity index (χ1v) is 5.21. The van der Waals surface area contributed by atoms with Crippen LogP contribution in [0.2, 0.25) is 0 Å². The largest absolute Gasteiger partial charge is 0.377 e. The van der Waals surface area contributed by atoms with Gasteiger partial charge in [-0.25, -0.2) is 0 Å². The van der Waals surface area contributed by atoms with Crippen molar-refractivity contribution < 1.29 is 4.74 Å². The summed E-state index contributed by atoms with van der Waals surface area (Å²) in [4.78, 5) is 0. The Bertz CT molecular complexity index is 139. The maximum absolute atomic E-state index is 5.60. The molecule has 70 valence electrons. The lowest BCUT2D eigenvalue weighted by Crippen LogP contribution is -2.37. The summed E-state index contributed by atoms with van der Waals surface area (Å²) < 4.78 is 5.60. The first-order valence-electron chi connectivity index (χ1n) is 5.21. The lowest BCUT2D eigenvalue weighted by molar-refractivity contribution is 0.0834. The van der Waals surface area contributed by atoms with Gasteiger partial charge in [0, 0.05) is 12.6 Å². The van der Waals surface area contributed by atoms with E-state index in [2.05, 4.69) is 12.2 Å². The van der Waals surface area contributed by atoms with Gasteiger partial charge in [-0.05, 0) is 45.1 Å². The normalized spacial score (nSPS) is 32.2. The maximum Gasteiger partial charge on any atom is 0.0726 e. The summed E-state index contributed by atoms with van der Waals surface area (Å²) in [6.07, 6.45) is 5.86. The van der Waals surface area contributed by atoms with Crippen LogP contribution in [0.25, 0.3) is 0 Å². The van der Waals surface area contributed by atoms with Gasteiger partial charge in [0.25, 0.3) is 0 Å². The molecule has 2 aliphatic rings. The molecule has 2 heteroatoms. The van der Waals surface area contributed by atoms with Gasteiger partial charge in [-0.3, -0.25) is 0 Å². The average Bonchev–Trinajstić information content (AvgIpc) is 2.74. The molecular weight excluding hydrogens is 150 g/mol. The highest BCUT2D eigenvalue weighted by atomic mass is 16.5. The summed E-state index contributed by atoms with van der Waals surface area (Å²) in [7, 11) is 0. The van der Waals surface area contributed by atoms with Crippen LogP contribution in [0.15, 0.2) is 0 Å². The van der Waals surface area contributed by atoms with Crippen LogP contribution in [-0.4, -0.2) is 25.3 Å². The second-order valence-corrected chi connectivity index (χ2v) is 4.19. The second-order valence-electron chi connectivity index (χ2n) is 4.19. The van der Waals surface area contributed by atoms with Crippen LogP contribution in [0, 0.1) is 5.92 Å². The molecule has 2 rings (SSSR count). The summed E-state index contributed by atoms with van der Waals surface area (Å²) in [6, 6.07) is 0.563. The summed E-state index contributed by atoms with van der Waals surface area (Å²) in [5.74, 6) is 0.980. The molecule has 12 heavy (non-hydrogen) atoms. The lowest BCUT2D eigenvalue weighted by atomic mass is 10.1. The summed E-state index contributed by atoms with van der Waals surface area (Å²) in [5, 5.41) is 3.56. The van der Waals surface area contributed by atoms with Gasteiger partial charge in [-0.15, -0.1) is 0 Å². The van der Waals surface area contributed by atoms with Gasteiger partial charge in [-0.2, -0.15) is 0 Å². The van der Waals surface area contributed by atoms with Crippen LogP contribution in [0.5, 0.6) is 0 Å². The number of rotatable bonds is 4. The minimum Gasteiger partial charge on any atom is -0.377 e. The molecule has 1 aliphatic carbocycles. The molecule has 0 aromatic carbocycles. The smallest absolute Gasteiger partial charge is 0.0726 e. The highest BCUT2D eigenvalue weighted by Gasteiger charge is 2.25. The van der Waals surface area contributed by atoms with Crippen LogP contribution < -0.4 is 5.32 Å². The van der Waals surface area contributed by atoms with E-state index in [-0.39, 0.29) is 0 Å². The van der Waals surface area contributed by atoms with Crippen molar-refractivity contribution in [3.63, 3.8) is 0 Å². The summed E-state index contributed by atoms with van der Waals surface area (Å²) >= 11 is 0. The molecule has 2 nitrogen and oxygen atoms in total. The molecule has 2 atom stereocenters. The predicted octanol–water partition coefficient (Wildman–Crippen LogP) is 1.55. The van der Waals surface area contributed by atoms with Crippen molar-refractivity contribution in [3.05, 3.63) is 0 Å². The quantitative estimate of drug-likeness (QED) is 0.689. The molecule has 0 amide bonds. The monoisotopic (exact) mass is 169 g/mol. The lowest BCUT2D eigenvalue weighted by Gasteiger charge is -2.19. The van der Waals surface area contributed by atoms with Crippen LogP contribution in [0.1, 0.15) is 32.6 Å². The van der Waals surface area contributed by atoms with Crippen molar-refractivity contribution in [2.45, 2.75) is 44.8 Å². The zero-order chi connectivity index (χ0) is 8.39. The van der Waals surface area contributed by atoms with Crippen LogP contribution in [0.4, 0.5) is 0 Å². The molecule has 0 bridgehead atoms. The van der Waals surface area contributed by atoms with E-state index in [1.165, 1.54) is 32.2 Å². The van der Waals surface area contributed by atoms with E-state index in [0.29, 0.717) is 12.1 Å². The fourth-order valence-corrected chi connectivity index (χ4v) is 1.80. The third-order valence-electron chi connectivity index (χ3n) is 2.95. The standard InChI is InChI=1S/C10H19NO/c1-8(10-3-2-6-12-10)11-7-9-4-5-9/h8-11H,2-7H2,1H3. The van der Waals surface area contributed by atoms with E-state index >= 15 is 0 Å². The van der Waals surface area contributed by atoms with E-state index in [1.54, 1.807) is 0 Å². The number of hydrogen-bond acceptors (Lipinski definition) is 2. The van der Waals surface area contributed by atoms with Gasteiger partial charge in [0.05, 0.1) is 6.10 Å². The van der Waals surface area contributed by atoms with Crippen LogP contribution in [-0.2, 0) is 4.74 Å². The van der Waals surface area contributed by atoms with Gasteiger partial charge in [0.15, 0.2) is 0 Å². The first kappa shape index (κ1) is 8.52. The van der Waals surface area contributed by atoms with E-state index in [9.17, 15) is 0 Å². The highest BCUT2D eigenvalue weighted by molar-refractivity contribution is 4.81. The van der Waals surface area contributed by atoms with E-state index in [0.717, 1.165) is 12.5 Å². The Morgan fingerprint density at radius 3 is 2.83 bits per heavy atom. The maximum atomic E-state index is 5.60. The molecule has 2 fully saturated rings. The van der Waals surface area contributed by atoms with Crippen molar-refractivity contribution in [1.82, 2.24) is 5.32 Å². The van der Waals surface area contributed by atoms with Gasteiger partial charge in [0.2, 0.25) is 0 Å². The topological polar surface area (TPSA) is 21.3 Å². The number of nitrogens with one attached hydrogen (secondary N) is 1. The Kier molecular flexibility index (Phi) is 2.66. The van der Waals surface area contributed by atoms with Gasteiger partial charge in [-0.1, -0.05) is 0 Å². The highest BCUT2D eigenvalue weighted by Crippen LogP contribution is 2.28. The molecule has 1 N–H and O–H groups in total. The minimum atomic E-state index is 0.490. The van der Waals surface area contributed by atoms with Gasteiger partial charge >= 0.3 is 0 Å². The Labute approximate surface area is 74.7 Å². The third kappa shape index (κ3) is 2.20. The molecule has 1 saturated heterocycles. The SMILES string of the molecule is CC(NCC1CC1)C1CCCO1. The number of hydrogen-bond donors (Lipinski definition) is 1. The summed E-state index contributed by atoms with van der Waals surface area (Å²) in [6.45, 7) is 4.43. The fourth-order valence-electron chi connectivity index (χ4n) is 1.80. The Morgan fingerprint density at radius 2 is 2.25 bits per heavy atom. The number of ether oxygens (including phenoxy) is 1. The first-order chi connectivity index (χ1) is 5.86. The molecule has 0 spiro atoms. The van der Waals surface area contributed by atoms with E-state index in [4.69, 9.17) is 4.74 Å². The van der Waals surface area contributed by atoms with Crippen LogP contribution >= 0.6 is 0 Å². The molecule has 1 aliphatic heterocycles. The van der Waals surface area contributed by atoms with Crippen molar-refractivity contribution in [3.8, 4) is 0 Å². The van der Waals surface area contributed by atoms with Gasteiger partial charge < -0.3 is 10.1 Å². The average molecular weight is 169 g/mol. The van der Waals surface area contributed by atoms with Crippen molar-refractivity contribution >= 4 is 0 Å². The fraction of sp³-hybridized carbons (Fsp3) is 1.00. The molecule has 2 unspecified atom stereocenters. The molecule has 1 heterocycles. The Balaban J connectivity index is 1.64. The second kappa shape index (κ2) is 3.75. The zero-order valence-electron chi connectivity index (χ0n) is 7.88. The minimum absolute atomic E-state index is 0.490. The van der Waals surface area contributed by atoms with Crippen molar-refractivity contribution in [1.29, 1.82) is 0 Å². The van der Waals surface area contributed by atoms with Crippen molar-refractivity contribution in [2.24, 2.45) is 5.92 Å². The van der Waals surface area contributed by atoms with E-state index in [1.807, 2.05) is 0 Å². The predicted molar refractivity (Wildman–Crippen MR) is 49.2 cm³/mol. The molecule has 0 aromatic heterocycles. The molecule has 0 aromatic rings. The Morgan fingerprint density at radius 1 is 1.42 bits per heavy atom. The Hall–Kier alpha value is -0.0800. The van der Waals surface area contributed by atoms with E-state index < -0.39 is 0 Å². The van der Waals surface area contributed by atoms with Crippen molar-refractivity contribution in [2.75, 3.05) is 13.2 Å². The molecule has 0 radical (unpaired) electrons. The molecular formula is C10H19NO. The zero-order valence-corrected chi connectivity index (χ0v) is 7.88.